The van der Waals surface area contributed by atoms with Gasteiger partial charge in [-0.1, -0.05) is 19.6 Å². The van der Waals surface area contributed by atoms with E-state index in [0.717, 1.165) is 28.2 Å². The molecule has 9 heteroatoms. The number of benzene rings is 1. The summed E-state index contributed by atoms with van der Waals surface area (Å²) in [7, 11) is 0.471. The van der Waals surface area contributed by atoms with Crippen molar-refractivity contribution in [2.24, 2.45) is 0 Å². The van der Waals surface area contributed by atoms with E-state index in [4.69, 9.17) is 14.7 Å². The average molecular weight is 466 g/mol. The van der Waals surface area contributed by atoms with E-state index in [1.807, 2.05) is 29.8 Å². The van der Waals surface area contributed by atoms with Crippen molar-refractivity contribution in [2.75, 3.05) is 19.0 Å². The fourth-order valence-corrected chi connectivity index (χ4v) is 4.19. The maximum Gasteiger partial charge on any atom is 0.274 e. The molecule has 1 aromatic carbocycles. The van der Waals surface area contributed by atoms with Gasteiger partial charge in [0, 0.05) is 39.1 Å². The number of methoxy groups -OCH3 is 1. The topological polar surface area (TPSA) is 102 Å². The molecule has 0 aliphatic carbocycles. The Hall–Kier alpha value is -3.06. The minimum Gasteiger partial charge on any atom is -0.378 e. The normalized spacial score (nSPS) is 11.5. The summed E-state index contributed by atoms with van der Waals surface area (Å²) < 4.78 is 13.0. The summed E-state index contributed by atoms with van der Waals surface area (Å²) in [4.78, 5) is 17.1. The van der Waals surface area contributed by atoms with E-state index in [-0.39, 0.29) is 5.91 Å². The highest BCUT2D eigenvalue weighted by Crippen LogP contribution is 2.25. The molecule has 2 aromatic heterocycles. The summed E-state index contributed by atoms with van der Waals surface area (Å²) in [6.07, 6.45) is 1.43. The molecule has 0 radical (unpaired) electrons. The zero-order chi connectivity index (χ0) is 24.2. The second kappa shape index (κ2) is 10.3. The van der Waals surface area contributed by atoms with Gasteiger partial charge >= 0.3 is 0 Å². The predicted molar refractivity (Wildman–Crippen MR) is 131 cm³/mol. The minimum atomic E-state index is -1.16. The van der Waals surface area contributed by atoms with Crippen LogP contribution in [-0.2, 0) is 22.8 Å². The molecule has 0 fully saturated rings. The van der Waals surface area contributed by atoms with Gasteiger partial charge in [0.15, 0.2) is 0 Å². The Bertz CT molecular complexity index is 1210. The number of amides is 1. The predicted octanol–water partition coefficient (Wildman–Crippen LogP) is 4.63. The SMILES string of the molecule is COCc1nn(COCC[Si](C)(C)C)c2ccc(NC(=O)c3ncc(C#N)c(C)c3C)cc12. The third-order valence-electron chi connectivity index (χ3n) is 5.56. The number of nitrogens with one attached hydrogen (secondary N) is 1. The van der Waals surface area contributed by atoms with Crippen molar-refractivity contribution in [1.29, 1.82) is 5.26 Å². The highest BCUT2D eigenvalue weighted by Gasteiger charge is 2.17. The van der Waals surface area contributed by atoms with Gasteiger partial charge in [-0.25, -0.2) is 9.67 Å². The number of aromatic nitrogens is 3. The van der Waals surface area contributed by atoms with Crippen LogP contribution in [0.15, 0.2) is 24.4 Å². The van der Waals surface area contributed by atoms with Crippen molar-refractivity contribution in [3.63, 3.8) is 0 Å². The molecule has 0 unspecified atom stereocenters. The molecule has 2 heterocycles. The number of ether oxygens (including phenoxy) is 2. The maximum atomic E-state index is 12.9. The Balaban J connectivity index is 1.83. The first-order valence-corrected chi connectivity index (χ1v) is 14.6. The van der Waals surface area contributed by atoms with Crippen molar-refractivity contribution < 1.29 is 14.3 Å². The van der Waals surface area contributed by atoms with Crippen molar-refractivity contribution in [2.45, 2.75) is 52.9 Å². The number of pyridine rings is 1. The molecule has 3 rings (SSSR count). The highest BCUT2D eigenvalue weighted by molar-refractivity contribution is 6.76. The van der Waals surface area contributed by atoms with Crippen LogP contribution < -0.4 is 5.32 Å². The quantitative estimate of drug-likeness (QED) is 0.365. The molecule has 0 aliphatic rings. The second-order valence-electron chi connectivity index (χ2n) is 9.30. The zero-order valence-corrected chi connectivity index (χ0v) is 21.2. The summed E-state index contributed by atoms with van der Waals surface area (Å²) in [6.45, 7) is 12.0. The van der Waals surface area contributed by atoms with Crippen LogP contribution in [-0.4, -0.2) is 42.5 Å². The van der Waals surface area contributed by atoms with Gasteiger partial charge in [0.2, 0.25) is 0 Å². The number of nitrogens with zero attached hydrogens (tertiary/aromatic N) is 4. The Kier molecular flexibility index (Phi) is 7.63. The van der Waals surface area contributed by atoms with Gasteiger partial charge in [-0.3, -0.25) is 4.79 Å². The largest absolute Gasteiger partial charge is 0.378 e. The molecule has 0 aliphatic heterocycles. The van der Waals surface area contributed by atoms with Crippen molar-refractivity contribution in [3.8, 4) is 6.07 Å². The first-order chi connectivity index (χ1) is 15.6. The van der Waals surface area contributed by atoms with E-state index in [1.54, 1.807) is 14.0 Å². The Morgan fingerprint density at radius 2 is 2.00 bits per heavy atom. The summed E-state index contributed by atoms with van der Waals surface area (Å²) >= 11 is 0. The van der Waals surface area contributed by atoms with Crippen molar-refractivity contribution >= 4 is 30.6 Å². The van der Waals surface area contributed by atoms with Gasteiger partial charge in [0.1, 0.15) is 18.5 Å². The number of nitriles is 1. The van der Waals surface area contributed by atoms with Crippen LogP contribution in [0.2, 0.25) is 25.7 Å². The summed E-state index contributed by atoms with van der Waals surface area (Å²) in [5.74, 6) is -0.324. The lowest BCUT2D eigenvalue weighted by atomic mass is 10.0. The van der Waals surface area contributed by atoms with Gasteiger partial charge in [0.05, 0.1) is 23.4 Å². The van der Waals surface area contributed by atoms with E-state index in [9.17, 15) is 4.79 Å². The fourth-order valence-electron chi connectivity index (χ4n) is 3.43. The molecule has 0 saturated carbocycles. The Morgan fingerprint density at radius 3 is 2.67 bits per heavy atom. The second-order valence-corrected chi connectivity index (χ2v) is 14.9. The number of rotatable bonds is 9. The number of carbonyl (C=O) groups excluding carboxylic acids is 1. The smallest absolute Gasteiger partial charge is 0.274 e. The first-order valence-electron chi connectivity index (χ1n) is 10.9. The Morgan fingerprint density at radius 1 is 1.24 bits per heavy atom. The number of carbonyl (C=O) groups is 1. The molecule has 0 atom stereocenters. The molecule has 0 bridgehead atoms. The molecular weight excluding hydrogens is 434 g/mol. The van der Waals surface area contributed by atoms with E-state index in [2.05, 4.69) is 41.1 Å². The summed E-state index contributed by atoms with van der Waals surface area (Å²) in [5.41, 5.74) is 4.54. The molecule has 1 amide bonds. The van der Waals surface area contributed by atoms with E-state index in [1.165, 1.54) is 6.20 Å². The number of hydrogen-bond donors (Lipinski definition) is 1. The van der Waals surface area contributed by atoms with Crippen LogP contribution >= 0.6 is 0 Å². The van der Waals surface area contributed by atoms with Crippen LogP contribution in [0.5, 0.6) is 0 Å². The third-order valence-corrected chi connectivity index (χ3v) is 7.26. The first kappa shape index (κ1) is 24.6. The minimum absolute atomic E-state index is 0.301. The maximum absolute atomic E-state index is 12.9. The lowest BCUT2D eigenvalue weighted by Crippen LogP contribution is -2.22. The third kappa shape index (κ3) is 5.84. The van der Waals surface area contributed by atoms with E-state index in [0.29, 0.717) is 42.5 Å². The van der Waals surface area contributed by atoms with E-state index >= 15 is 0 Å². The van der Waals surface area contributed by atoms with Crippen LogP contribution in [0.4, 0.5) is 5.69 Å². The molecule has 3 aromatic rings. The van der Waals surface area contributed by atoms with Gasteiger partial charge < -0.3 is 14.8 Å². The Labute approximate surface area is 195 Å². The van der Waals surface area contributed by atoms with Crippen molar-refractivity contribution in [1.82, 2.24) is 14.8 Å². The fraction of sp³-hybridized carbons (Fsp3) is 0.417. The van der Waals surface area contributed by atoms with Gasteiger partial charge in [-0.15, -0.1) is 0 Å². The van der Waals surface area contributed by atoms with Gasteiger partial charge in [-0.2, -0.15) is 10.4 Å². The number of fused-ring (bicyclic) bond motifs is 1. The zero-order valence-electron chi connectivity index (χ0n) is 20.2. The molecule has 8 nitrogen and oxygen atoms in total. The monoisotopic (exact) mass is 465 g/mol. The lowest BCUT2D eigenvalue weighted by molar-refractivity contribution is 0.0804. The molecule has 174 valence electrons. The lowest BCUT2D eigenvalue weighted by Gasteiger charge is -2.15. The molecular formula is C24H31N5O3Si. The highest BCUT2D eigenvalue weighted by atomic mass is 28.3. The van der Waals surface area contributed by atoms with Gasteiger partial charge in [-0.05, 0) is 49.2 Å². The van der Waals surface area contributed by atoms with Crippen LogP contribution in [0, 0.1) is 25.2 Å². The summed E-state index contributed by atoms with van der Waals surface area (Å²) in [6, 6.07) is 8.83. The van der Waals surface area contributed by atoms with E-state index < -0.39 is 8.07 Å². The van der Waals surface area contributed by atoms with Crippen LogP contribution in [0.3, 0.4) is 0 Å². The van der Waals surface area contributed by atoms with Crippen LogP contribution in [0.1, 0.15) is 32.9 Å². The number of anilines is 1. The summed E-state index contributed by atoms with van der Waals surface area (Å²) in [5, 5.41) is 17.6. The number of hydrogen-bond acceptors (Lipinski definition) is 6. The van der Waals surface area contributed by atoms with Gasteiger partial charge in [0.25, 0.3) is 5.91 Å². The standard InChI is InChI=1S/C24H31N5O3Si/c1-16-17(2)23(26-13-18(16)12-25)24(30)27-19-7-8-22-20(11-19)21(14-31-3)28-29(22)15-32-9-10-33(4,5)6/h7-8,11,13H,9-10,14-15H2,1-6H3,(H,27,30). The van der Waals surface area contributed by atoms with Crippen molar-refractivity contribution in [3.05, 3.63) is 52.5 Å². The molecule has 0 saturated heterocycles. The molecule has 0 spiro atoms. The molecule has 1 N–H and O–H groups in total. The molecule has 33 heavy (non-hydrogen) atoms. The van der Waals surface area contributed by atoms with Crippen LogP contribution in [0.25, 0.3) is 10.9 Å². The average Bonchev–Trinajstić information content (AvgIpc) is 3.09.